The summed E-state index contributed by atoms with van der Waals surface area (Å²) >= 11 is 0. The van der Waals surface area contributed by atoms with Gasteiger partial charge in [-0.15, -0.1) is 0 Å². The fraction of sp³-hybridized carbons (Fsp3) is 0.435. The number of nitrogens with two attached hydrogens (primary N) is 2. The van der Waals surface area contributed by atoms with Crippen molar-refractivity contribution in [2.75, 3.05) is 23.4 Å². The van der Waals surface area contributed by atoms with Crippen molar-refractivity contribution < 1.29 is 14.3 Å². The second-order valence-corrected chi connectivity index (χ2v) is 9.22. The molecule has 0 atom stereocenters. The summed E-state index contributed by atoms with van der Waals surface area (Å²) in [6, 6.07) is 11.2. The van der Waals surface area contributed by atoms with Gasteiger partial charge in [-0.2, -0.15) is 0 Å². The average molecular weight is 400 g/mol. The normalized spacial score (nSPS) is 11.8. The van der Waals surface area contributed by atoms with Crippen LogP contribution in [-0.4, -0.2) is 18.7 Å². The number of hydrogen-bond acceptors (Lipinski definition) is 5. The number of rotatable bonds is 4. The Kier molecular flexibility index (Phi) is 6.36. The molecule has 4 N–H and O–H groups in total. The van der Waals surface area contributed by atoms with Crippen LogP contribution < -0.4 is 21.1 Å². The monoisotopic (exact) mass is 399 g/mol. The molecule has 0 aliphatic heterocycles. The lowest BCUT2D eigenvalue weighted by atomic mass is 9.85. The Balaban J connectivity index is 2.14. The first-order valence-electron chi connectivity index (χ1n) is 9.66. The van der Waals surface area contributed by atoms with Crippen LogP contribution >= 0.6 is 0 Å². The molecule has 0 radical (unpaired) electrons. The van der Waals surface area contributed by atoms with Crippen LogP contribution in [-0.2, 0) is 16.8 Å². The maximum absolute atomic E-state index is 12.3. The molecule has 0 fully saturated rings. The van der Waals surface area contributed by atoms with Crippen molar-refractivity contribution in [3.8, 4) is 5.75 Å². The van der Waals surface area contributed by atoms with E-state index in [2.05, 4.69) is 20.8 Å². The number of anilines is 3. The van der Waals surface area contributed by atoms with Gasteiger partial charge in [0.25, 0.3) is 0 Å². The van der Waals surface area contributed by atoms with Gasteiger partial charge >= 0.3 is 6.09 Å². The van der Waals surface area contributed by atoms with Gasteiger partial charge in [0.05, 0.1) is 11.4 Å². The molecule has 0 spiro atoms. The molecular weight excluding hydrogens is 366 g/mol. The lowest BCUT2D eigenvalue weighted by Gasteiger charge is -2.25. The smallest absolute Gasteiger partial charge is 0.414 e. The standard InChI is InChI=1S/C23H33N3O3/c1-22(2,3)17-10-8-15(12-19(17)25)14-28-16-9-11-18(24)20(13-16)26(7)21(27)29-23(4,5)6/h8-13H,14,24-25H2,1-7H3. The molecule has 0 aliphatic carbocycles. The van der Waals surface area contributed by atoms with E-state index in [4.69, 9.17) is 20.9 Å². The van der Waals surface area contributed by atoms with Crippen LogP contribution in [0.2, 0.25) is 0 Å². The summed E-state index contributed by atoms with van der Waals surface area (Å²) in [4.78, 5) is 13.7. The Labute approximate surface area is 173 Å². The first kappa shape index (κ1) is 22.4. The molecule has 0 aliphatic rings. The quantitative estimate of drug-likeness (QED) is 0.698. The van der Waals surface area contributed by atoms with Gasteiger partial charge in [0.15, 0.2) is 0 Å². The van der Waals surface area contributed by atoms with E-state index in [0.29, 0.717) is 23.7 Å². The average Bonchev–Trinajstić information content (AvgIpc) is 2.58. The maximum Gasteiger partial charge on any atom is 0.414 e. The van der Waals surface area contributed by atoms with Crippen LogP contribution in [0.25, 0.3) is 0 Å². The second kappa shape index (κ2) is 8.23. The summed E-state index contributed by atoms with van der Waals surface area (Å²) in [6.07, 6.45) is -0.480. The van der Waals surface area contributed by atoms with E-state index in [1.165, 1.54) is 4.90 Å². The van der Waals surface area contributed by atoms with Crippen LogP contribution in [0.5, 0.6) is 5.75 Å². The summed E-state index contributed by atoms with van der Waals surface area (Å²) in [5.74, 6) is 0.600. The fourth-order valence-corrected chi connectivity index (χ4v) is 2.88. The van der Waals surface area contributed by atoms with Crippen molar-refractivity contribution in [2.24, 2.45) is 0 Å². The highest BCUT2D eigenvalue weighted by Crippen LogP contribution is 2.31. The summed E-state index contributed by atoms with van der Waals surface area (Å²) in [5.41, 5.74) is 15.5. The van der Waals surface area contributed by atoms with E-state index in [0.717, 1.165) is 16.8 Å². The molecule has 29 heavy (non-hydrogen) atoms. The Hall–Kier alpha value is -2.89. The van der Waals surface area contributed by atoms with Crippen LogP contribution in [0.4, 0.5) is 21.9 Å². The Morgan fingerprint density at radius 2 is 1.62 bits per heavy atom. The predicted molar refractivity (Wildman–Crippen MR) is 119 cm³/mol. The zero-order chi connectivity index (χ0) is 22.0. The number of nitrogen functional groups attached to an aromatic ring is 2. The largest absolute Gasteiger partial charge is 0.489 e. The minimum Gasteiger partial charge on any atom is -0.489 e. The van der Waals surface area contributed by atoms with Crippen LogP contribution in [0.1, 0.15) is 52.7 Å². The number of benzene rings is 2. The fourth-order valence-electron chi connectivity index (χ4n) is 2.88. The van der Waals surface area contributed by atoms with Gasteiger partial charge in [0, 0.05) is 18.8 Å². The SMILES string of the molecule is CN(C(=O)OC(C)(C)C)c1cc(OCc2ccc(C(C)(C)C)c(N)c2)ccc1N. The zero-order valence-corrected chi connectivity index (χ0v) is 18.5. The number of carbonyl (C=O) groups excluding carboxylic acids is 1. The molecular formula is C23H33N3O3. The maximum atomic E-state index is 12.3. The highest BCUT2D eigenvalue weighted by atomic mass is 16.6. The highest BCUT2D eigenvalue weighted by molar-refractivity contribution is 5.91. The molecule has 2 rings (SSSR count). The van der Waals surface area contributed by atoms with Gasteiger partial charge in [0.1, 0.15) is 18.0 Å². The van der Waals surface area contributed by atoms with Gasteiger partial charge in [-0.25, -0.2) is 4.79 Å². The van der Waals surface area contributed by atoms with E-state index in [9.17, 15) is 4.79 Å². The molecule has 0 aromatic heterocycles. The van der Waals surface area contributed by atoms with Crippen LogP contribution in [0, 0.1) is 0 Å². The molecule has 2 aromatic rings. The van der Waals surface area contributed by atoms with Crippen LogP contribution in [0.3, 0.4) is 0 Å². The highest BCUT2D eigenvalue weighted by Gasteiger charge is 2.22. The van der Waals surface area contributed by atoms with Crippen molar-refractivity contribution in [1.82, 2.24) is 0 Å². The minimum absolute atomic E-state index is 0.0123. The second-order valence-electron chi connectivity index (χ2n) is 9.22. The lowest BCUT2D eigenvalue weighted by molar-refractivity contribution is 0.0589. The third-order valence-electron chi connectivity index (χ3n) is 4.36. The summed E-state index contributed by atoms with van der Waals surface area (Å²) in [7, 11) is 1.62. The van der Waals surface area contributed by atoms with Gasteiger partial charge in [-0.05, 0) is 55.5 Å². The summed E-state index contributed by atoms with van der Waals surface area (Å²) in [5, 5.41) is 0. The topological polar surface area (TPSA) is 90.8 Å². The number of nitrogens with zero attached hydrogens (tertiary/aromatic N) is 1. The first-order chi connectivity index (χ1) is 13.3. The molecule has 0 unspecified atom stereocenters. The Morgan fingerprint density at radius 1 is 0.966 bits per heavy atom. The van der Waals surface area contributed by atoms with E-state index in [1.807, 2.05) is 39.0 Å². The van der Waals surface area contributed by atoms with Gasteiger partial charge in [0.2, 0.25) is 0 Å². The van der Waals surface area contributed by atoms with E-state index in [1.54, 1.807) is 25.2 Å². The third-order valence-corrected chi connectivity index (χ3v) is 4.36. The summed E-state index contributed by atoms with van der Waals surface area (Å²) < 4.78 is 11.3. The van der Waals surface area contributed by atoms with E-state index >= 15 is 0 Å². The first-order valence-corrected chi connectivity index (χ1v) is 9.66. The molecule has 0 heterocycles. The van der Waals surface area contributed by atoms with E-state index in [-0.39, 0.29) is 5.41 Å². The number of carbonyl (C=O) groups is 1. The molecule has 0 saturated carbocycles. The number of hydrogen-bond donors (Lipinski definition) is 2. The van der Waals surface area contributed by atoms with Crippen molar-refractivity contribution in [2.45, 2.75) is 59.2 Å². The van der Waals surface area contributed by atoms with Gasteiger partial charge in [-0.3, -0.25) is 4.90 Å². The van der Waals surface area contributed by atoms with Crippen molar-refractivity contribution in [3.63, 3.8) is 0 Å². The van der Waals surface area contributed by atoms with Crippen molar-refractivity contribution in [1.29, 1.82) is 0 Å². The van der Waals surface area contributed by atoms with E-state index < -0.39 is 11.7 Å². The van der Waals surface area contributed by atoms with Crippen molar-refractivity contribution >= 4 is 23.2 Å². The van der Waals surface area contributed by atoms with Crippen molar-refractivity contribution in [3.05, 3.63) is 47.5 Å². The molecule has 2 aromatic carbocycles. The Morgan fingerprint density at radius 3 is 2.17 bits per heavy atom. The number of ether oxygens (including phenoxy) is 2. The Bertz CT molecular complexity index is 880. The zero-order valence-electron chi connectivity index (χ0n) is 18.5. The molecule has 0 bridgehead atoms. The van der Waals surface area contributed by atoms with Gasteiger partial charge < -0.3 is 20.9 Å². The third kappa shape index (κ3) is 6.04. The minimum atomic E-state index is -0.590. The molecule has 6 nitrogen and oxygen atoms in total. The van der Waals surface area contributed by atoms with Gasteiger partial charge in [-0.1, -0.05) is 32.9 Å². The molecule has 158 valence electrons. The lowest BCUT2D eigenvalue weighted by Crippen LogP contribution is -2.34. The molecule has 0 saturated heterocycles. The molecule has 6 heteroatoms. The van der Waals surface area contributed by atoms with Crippen LogP contribution in [0.15, 0.2) is 36.4 Å². The number of amides is 1. The predicted octanol–water partition coefficient (Wildman–Crippen LogP) is 5.10. The summed E-state index contributed by atoms with van der Waals surface area (Å²) in [6.45, 7) is 12.2. The molecule has 1 amide bonds.